The van der Waals surface area contributed by atoms with E-state index in [4.69, 9.17) is 0 Å². The van der Waals surface area contributed by atoms with Gasteiger partial charge in [0.2, 0.25) is 10.0 Å². The van der Waals surface area contributed by atoms with Gasteiger partial charge in [-0.15, -0.1) is 0 Å². The second-order valence-electron chi connectivity index (χ2n) is 5.44. The Morgan fingerprint density at radius 1 is 1.20 bits per heavy atom. The Hall–Kier alpha value is -0.910. The van der Waals surface area contributed by atoms with E-state index in [1.807, 2.05) is 19.1 Å². The van der Waals surface area contributed by atoms with Gasteiger partial charge in [-0.2, -0.15) is 0 Å². The summed E-state index contributed by atoms with van der Waals surface area (Å²) < 4.78 is 26.9. The van der Waals surface area contributed by atoms with Crippen molar-refractivity contribution in [2.75, 3.05) is 20.1 Å². The fourth-order valence-electron chi connectivity index (χ4n) is 1.89. The van der Waals surface area contributed by atoms with Gasteiger partial charge >= 0.3 is 0 Å². The average molecular weight is 298 g/mol. The van der Waals surface area contributed by atoms with Crippen LogP contribution in [0.5, 0.6) is 0 Å². The van der Waals surface area contributed by atoms with Crippen LogP contribution in [0.4, 0.5) is 0 Å². The predicted octanol–water partition coefficient (Wildman–Crippen LogP) is 2.39. The summed E-state index contributed by atoms with van der Waals surface area (Å²) in [6, 6.07) is 7.57. The third kappa shape index (κ3) is 5.23. The molecule has 0 bridgehead atoms. The maximum atomic E-state index is 12.1. The molecule has 0 aliphatic heterocycles. The summed E-state index contributed by atoms with van der Waals surface area (Å²) in [6.07, 6.45) is 1.84. The molecule has 0 aromatic heterocycles. The minimum atomic E-state index is -3.37. The Morgan fingerprint density at radius 2 is 1.85 bits per heavy atom. The molecule has 0 saturated heterocycles. The van der Waals surface area contributed by atoms with Gasteiger partial charge in [0.25, 0.3) is 0 Å². The molecule has 0 spiro atoms. The Morgan fingerprint density at radius 3 is 2.45 bits per heavy atom. The van der Waals surface area contributed by atoms with Crippen molar-refractivity contribution in [2.24, 2.45) is 0 Å². The van der Waals surface area contributed by atoms with Crippen LogP contribution in [0.3, 0.4) is 0 Å². The maximum Gasteiger partial charge on any atom is 0.240 e. The lowest BCUT2D eigenvalue weighted by Gasteiger charge is -2.20. The number of sulfonamides is 1. The van der Waals surface area contributed by atoms with Crippen molar-refractivity contribution >= 4 is 10.0 Å². The van der Waals surface area contributed by atoms with Gasteiger partial charge in [-0.1, -0.05) is 18.2 Å². The van der Waals surface area contributed by atoms with Crippen LogP contribution < -0.4 is 4.72 Å². The maximum absolute atomic E-state index is 12.1. The number of hydrogen-bond acceptors (Lipinski definition) is 3. The van der Waals surface area contributed by atoms with Gasteiger partial charge in [0.15, 0.2) is 0 Å². The van der Waals surface area contributed by atoms with Gasteiger partial charge in [-0.25, -0.2) is 13.1 Å². The van der Waals surface area contributed by atoms with E-state index in [2.05, 4.69) is 30.5 Å². The highest BCUT2D eigenvalue weighted by atomic mass is 32.2. The number of unbranched alkanes of at least 4 members (excludes halogenated alkanes) is 1. The monoisotopic (exact) mass is 298 g/mol. The van der Waals surface area contributed by atoms with E-state index in [0.717, 1.165) is 24.9 Å². The third-order valence-corrected chi connectivity index (χ3v) is 5.12. The number of rotatable bonds is 8. The molecule has 0 aliphatic rings. The molecule has 1 aromatic rings. The van der Waals surface area contributed by atoms with Gasteiger partial charge in [0.1, 0.15) is 0 Å². The number of nitrogens with one attached hydrogen (secondary N) is 1. The van der Waals surface area contributed by atoms with Crippen LogP contribution >= 0.6 is 0 Å². The van der Waals surface area contributed by atoms with Crippen LogP contribution in [0.25, 0.3) is 0 Å². The molecule has 0 amide bonds. The molecule has 4 nitrogen and oxygen atoms in total. The predicted molar refractivity (Wildman–Crippen MR) is 83.4 cm³/mol. The van der Waals surface area contributed by atoms with Gasteiger partial charge in [0, 0.05) is 12.6 Å². The number of aryl methyl sites for hydroxylation is 1. The Bertz CT molecular complexity index is 512. The Balaban J connectivity index is 2.40. The van der Waals surface area contributed by atoms with Crippen LogP contribution in [0, 0.1) is 6.92 Å². The zero-order valence-electron chi connectivity index (χ0n) is 12.9. The van der Waals surface area contributed by atoms with E-state index in [9.17, 15) is 8.42 Å². The van der Waals surface area contributed by atoms with Crippen LogP contribution in [-0.2, 0) is 10.0 Å². The van der Waals surface area contributed by atoms with Crippen LogP contribution in [0.1, 0.15) is 32.3 Å². The minimum Gasteiger partial charge on any atom is -0.304 e. The van der Waals surface area contributed by atoms with Gasteiger partial charge < -0.3 is 4.90 Å². The van der Waals surface area contributed by atoms with Crippen LogP contribution in [0.2, 0.25) is 0 Å². The van der Waals surface area contributed by atoms with Crippen molar-refractivity contribution in [2.45, 2.75) is 44.6 Å². The molecular formula is C15H26N2O2S. The number of hydrogen-bond donors (Lipinski definition) is 1. The lowest BCUT2D eigenvalue weighted by Crippen LogP contribution is -2.29. The highest BCUT2D eigenvalue weighted by Gasteiger charge is 2.15. The first kappa shape index (κ1) is 17.1. The molecule has 0 saturated carbocycles. The molecule has 5 heteroatoms. The third-order valence-electron chi connectivity index (χ3n) is 3.49. The van der Waals surface area contributed by atoms with Crippen molar-refractivity contribution in [3.05, 3.63) is 29.8 Å². The second-order valence-corrected chi connectivity index (χ2v) is 7.18. The first-order valence-corrected chi connectivity index (χ1v) is 8.58. The van der Waals surface area contributed by atoms with Crippen molar-refractivity contribution in [3.8, 4) is 0 Å². The fraction of sp³-hybridized carbons (Fsp3) is 0.600. The molecule has 0 atom stereocenters. The molecule has 1 aromatic carbocycles. The Labute approximate surface area is 123 Å². The lowest BCUT2D eigenvalue weighted by atomic mass is 10.2. The lowest BCUT2D eigenvalue weighted by molar-refractivity contribution is 0.268. The first-order valence-electron chi connectivity index (χ1n) is 7.10. The Kier molecular flexibility index (Phi) is 6.65. The van der Waals surface area contributed by atoms with E-state index in [1.165, 1.54) is 0 Å². The number of benzene rings is 1. The first-order chi connectivity index (χ1) is 9.34. The minimum absolute atomic E-state index is 0.374. The van der Waals surface area contributed by atoms with E-state index < -0.39 is 10.0 Å². The summed E-state index contributed by atoms with van der Waals surface area (Å²) in [7, 11) is -1.29. The standard InChI is InChI=1S/C15H26N2O2S/c1-13(2)17(4)12-8-7-11-16-20(18,19)15-10-6-5-9-14(15)3/h5-6,9-10,13,16H,7-8,11-12H2,1-4H3. The molecule has 0 fully saturated rings. The summed E-state index contributed by atoms with van der Waals surface area (Å²) in [5, 5.41) is 0. The molecule has 0 radical (unpaired) electrons. The van der Waals surface area contributed by atoms with Crippen molar-refractivity contribution < 1.29 is 8.42 Å². The van der Waals surface area contributed by atoms with Gasteiger partial charge in [0.05, 0.1) is 4.90 Å². The zero-order chi connectivity index (χ0) is 15.2. The summed E-state index contributed by atoms with van der Waals surface area (Å²) >= 11 is 0. The second kappa shape index (κ2) is 7.76. The summed E-state index contributed by atoms with van der Waals surface area (Å²) in [5.41, 5.74) is 0.777. The van der Waals surface area contributed by atoms with E-state index in [0.29, 0.717) is 17.5 Å². The highest BCUT2D eigenvalue weighted by molar-refractivity contribution is 7.89. The normalized spacial score (nSPS) is 12.3. The quantitative estimate of drug-likeness (QED) is 0.750. The van der Waals surface area contributed by atoms with Crippen LogP contribution in [0.15, 0.2) is 29.2 Å². The van der Waals surface area contributed by atoms with E-state index in [1.54, 1.807) is 12.1 Å². The number of nitrogens with zero attached hydrogens (tertiary/aromatic N) is 1. The van der Waals surface area contributed by atoms with Crippen molar-refractivity contribution in [1.82, 2.24) is 9.62 Å². The SMILES string of the molecule is Cc1ccccc1S(=O)(=O)NCCCCN(C)C(C)C. The van der Waals surface area contributed by atoms with E-state index >= 15 is 0 Å². The summed E-state index contributed by atoms with van der Waals surface area (Å²) in [4.78, 5) is 2.63. The van der Waals surface area contributed by atoms with Crippen LogP contribution in [-0.4, -0.2) is 39.5 Å². The average Bonchev–Trinajstić information content (AvgIpc) is 2.38. The topological polar surface area (TPSA) is 49.4 Å². The summed E-state index contributed by atoms with van der Waals surface area (Å²) in [5.74, 6) is 0. The molecular weight excluding hydrogens is 272 g/mol. The largest absolute Gasteiger partial charge is 0.304 e. The van der Waals surface area contributed by atoms with Crippen molar-refractivity contribution in [1.29, 1.82) is 0 Å². The molecule has 1 N–H and O–H groups in total. The fourth-order valence-corrected chi connectivity index (χ4v) is 3.20. The molecule has 1 rings (SSSR count). The molecule has 0 aliphatic carbocycles. The summed E-state index contributed by atoms with van der Waals surface area (Å²) in [6.45, 7) is 7.60. The smallest absolute Gasteiger partial charge is 0.240 e. The molecule has 0 heterocycles. The highest BCUT2D eigenvalue weighted by Crippen LogP contribution is 2.13. The molecule has 20 heavy (non-hydrogen) atoms. The van der Waals surface area contributed by atoms with Crippen molar-refractivity contribution in [3.63, 3.8) is 0 Å². The zero-order valence-corrected chi connectivity index (χ0v) is 13.7. The van der Waals surface area contributed by atoms with E-state index in [-0.39, 0.29) is 0 Å². The van der Waals surface area contributed by atoms with Gasteiger partial charge in [-0.3, -0.25) is 0 Å². The van der Waals surface area contributed by atoms with Gasteiger partial charge in [-0.05, 0) is 58.8 Å². The molecule has 0 unspecified atom stereocenters. The molecule has 114 valence electrons.